The monoisotopic (exact) mass is 1120 g/mol. The highest BCUT2D eigenvalue weighted by atomic mass is 32.2. The minimum absolute atomic E-state index is 0.0405. The molecule has 10 rings (SSSR count). The number of hydrogen-bond donors (Lipinski definition) is 0. The van der Waals surface area contributed by atoms with E-state index in [0.29, 0.717) is 90.8 Å². The highest BCUT2D eigenvalue weighted by Crippen LogP contribution is 2.46. The van der Waals surface area contributed by atoms with E-state index >= 15 is 0 Å². The first kappa shape index (κ1) is 55.2. The van der Waals surface area contributed by atoms with Gasteiger partial charge in [0.05, 0.1) is 76.7 Å². The van der Waals surface area contributed by atoms with Crippen LogP contribution in [0.15, 0.2) is 151 Å². The summed E-state index contributed by atoms with van der Waals surface area (Å²) in [6, 6.07) is 34.0. The smallest absolute Gasteiger partial charge is 0.268 e. The molecular weight excluding hydrogens is 1070 g/mol. The van der Waals surface area contributed by atoms with Crippen molar-refractivity contribution in [2.45, 2.75) is 85.2 Å². The highest BCUT2D eigenvalue weighted by molar-refractivity contribution is 7.91. The third-order valence-corrected chi connectivity index (χ3v) is 20.3. The molecule has 20 heteroatoms. The Kier molecular flexibility index (Phi) is 14.0. The molecule has 0 fully saturated rings. The number of aliphatic imine (C=N–C) groups is 2. The molecule has 0 aliphatic carbocycles. The molecule has 0 N–H and O–H groups in total. The van der Waals surface area contributed by atoms with Gasteiger partial charge in [-0.25, -0.2) is 41.6 Å². The summed E-state index contributed by atoms with van der Waals surface area (Å²) in [7, 11) is -12.6. The Labute approximate surface area is 454 Å². The Morgan fingerprint density at radius 3 is 1.32 bits per heavy atom. The summed E-state index contributed by atoms with van der Waals surface area (Å²) in [5.74, 6) is 0. The summed E-state index contributed by atoms with van der Waals surface area (Å²) in [5, 5.41) is 19.5. The number of nitrogens with zero attached hydrogens (tertiary/aromatic N) is 6. The number of rotatable bonds is 12. The van der Waals surface area contributed by atoms with Crippen molar-refractivity contribution >= 4 is 84.3 Å². The van der Waals surface area contributed by atoms with Crippen LogP contribution in [0.4, 0.5) is 11.4 Å². The van der Waals surface area contributed by atoms with Gasteiger partial charge in [0.1, 0.15) is 11.2 Å². The zero-order valence-electron chi connectivity index (χ0n) is 44.4. The van der Waals surface area contributed by atoms with E-state index in [4.69, 9.17) is 19.5 Å². The van der Waals surface area contributed by atoms with Crippen LogP contribution in [0, 0.1) is 50.4 Å². The number of sulfone groups is 2. The van der Waals surface area contributed by atoms with Crippen molar-refractivity contribution in [2.75, 3.05) is 26.7 Å². The van der Waals surface area contributed by atoms with Crippen molar-refractivity contribution in [2.24, 2.45) is 9.98 Å². The molecule has 2 atom stereocenters. The number of nitriles is 2. The van der Waals surface area contributed by atoms with E-state index in [1.807, 2.05) is 19.9 Å². The van der Waals surface area contributed by atoms with Crippen molar-refractivity contribution in [1.82, 2.24) is 7.94 Å². The fraction of sp³-hybridized carbons (Fsp3) is 0.241. The maximum atomic E-state index is 13.7. The van der Waals surface area contributed by atoms with E-state index in [0.717, 1.165) is 34.8 Å². The second-order valence-corrected chi connectivity index (χ2v) is 27.5. The molecule has 0 spiro atoms. The van der Waals surface area contributed by atoms with Gasteiger partial charge < -0.3 is 9.47 Å². The van der Waals surface area contributed by atoms with E-state index in [-0.39, 0.29) is 19.6 Å². The van der Waals surface area contributed by atoms with Crippen molar-refractivity contribution in [3.8, 4) is 12.1 Å². The number of aryl methyl sites for hydroxylation is 4. The Morgan fingerprint density at radius 1 is 0.513 bits per heavy atom. The first-order valence-electron chi connectivity index (χ1n) is 24.3. The number of benzene rings is 6. The fourth-order valence-corrected chi connectivity index (χ4v) is 15.3. The molecule has 2 unspecified atom stereocenters. The van der Waals surface area contributed by atoms with E-state index in [2.05, 4.69) is 12.1 Å². The number of fused-ring (bicyclic) bond motifs is 4. The number of ether oxygens (including phenoxy) is 2. The molecule has 78 heavy (non-hydrogen) atoms. The summed E-state index contributed by atoms with van der Waals surface area (Å²) in [4.78, 5) is 9.86. The van der Waals surface area contributed by atoms with Gasteiger partial charge >= 0.3 is 0 Å². The molecule has 4 heterocycles. The van der Waals surface area contributed by atoms with Crippen LogP contribution in [0.3, 0.4) is 0 Å². The molecule has 0 bridgehead atoms. The van der Waals surface area contributed by atoms with Crippen molar-refractivity contribution < 1.29 is 43.1 Å². The Morgan fingerprint density at radius 2 is 0.910 bits per heavy atom. The lowest BCUT2D eigenvalue weighted by Gasteiger charge is -2.32. The molecule has 0 radical (unpaired) electrons. The molecule has 0 saturated heterocycles. The van der Waals surface area contributed by atoms with Crippen LogP contribution >= 0.6 is 0 Å². The standard InChI is InChI=1S/2C29H27N3O5S2/c1-18-6-10-22(11-7-18)39(35,36)32-13-12-23-27(25(38(5,33)34)14-19(2)28(23)32)29(3,37-4)26-16-21-9-8-20(17-30)15-24(21)31-26;1-18-6-9-22(10-7-18)39(35,36)32-13-12-23-27(25(38(5,33)34)14-19(2)28(23)32)29(3,37-4)26-16-21-15-20(17-30)8-11-24(21)31-26/h2*6-15H,16H2,1-5H3. The predicted molar refractivity (Wildman–Crippen MR) is 300 cm³/mol. The first-order valence-corrected chi connectivity index (χ1v) is 31.0. The first-order chi connectivity index (χ1) is 36.6. The van der Waals surface area contributed by atoms with Crippen LogP contribution in [-0.2, 0) is 73.2 Å². The summed E-state index contributed by atoms with van der Waals surface area (Å²) in [6.07, 6.45) is 5.86. The van der Waals surface area contributed by atoms with E-state index in [1.165, 1.54) is 46.7 Å². The molecule has 2 aliphatic heterocycles. The van der Waals surface area contributed by atoms with Crippen molar-refractivity contribution in [1.29, 1.82) is 10.5 Å². The van der Waals surface area contributed by atoms with Crippen LogP contribution in [-0.4, -0.2) is 79.8 Å². The lowest BCUT2D eigenvalue weighted by atomic mass is 9.85. The van der Waals surface area contributed by atoms with Gasteiger partial charge in [0, 0.05) is 73.9 Å². The van der Waals surface area contributed by atoms with Gasteiger partial charge in [0.15, 0.2) is 19.7 Å². The van der Waals surface area contributed by atoms with Crippen LogP contribution in [0.2, 0.25) is 0 Å². The van der Waals surface area contributed by atoms with Gasteiger partial charge in [-0.1, -0.05) is 41.5 Å². The minimum atomic E-state index is -3.98. The quantitative estimate of drug-likeness (QED) is 0.111. The Bertz CT molecular complexity index is 4470. The normalized spacial score (nSPS) is 15.0. The van der Waals surface area contributed by atoms with Gasteiger partial charge in [-0.3, -0.25) is 9.98 Å². The third kappa shape index (κ3) is 9.35. The molecule has 0 saturated carbocycles. The number of methoxy groups -OCH3 is 2. The predicted octanol–water partition coefficient (Wildman–Crippen LogP) is 9.92. The zero-order chi connectivity index (χ0) is 56.7. The van der Waals surface area contributed by atoms with Crippen LogP contribution in [0.1, 0.15) is 69.5 Å². The van der Waals surface area contributed by atoms with Crippen molar-refractivity contribution in [3.63, 3.8) is 0 Å². The second-order valence-electron chi connectivity index (χ2n) is 19.9. The summed E-state index contributed by atoms with van der Waals surface area (Å²) in [5.41, 5.74) is 6.64. The van der Waals surface area contributed by atoms with Crippen LogP contribution in [0.25, 0.3) is 21.8 Å². The van der Waals surface area contributed by atoms with Gasteiger partial charge in [0.2, 0.25) is 0 Å². The van der Waals surface area contributed by atoms with E-state index < -0.39 is 50.9 Å². The molecule has 2 aromatic heterocycles. The Balaban J connectivity index is 0.000000190. The third-order valence-electron chi connectivity index (χ3n) is 14.7. The molecule has 400 valence electrons. The lowest BCUT2D eigenvalue weighted by Crippen LogP contribution is -2.36. The topological polar surface area (TPSA) is 237 Å². The maximum absolute atomic E-state index is 13.7. The Hall–Kier alpha value is -7.56. The summed E-state index contributed by atoms with van der Waals surface area (Å²) >= 11 is 0. The van der Waals surface area contributed by atoms with Crippen LogP contribution < -0.4 is 0 Å². The maximum Gasteiger partial charge on any atom is 0.268 e. The highest BCUT2D eigenvalue weighted by Gasteiger charge is 2.43. The van der Waals surface area contributed by atoms with E-state index in [9.17, 15) is 44.2 Å². The molecule has 0 amide bonds. The largest absolute Gasteiger partial charge is 0.368 e. The lowest BCUT2D eigenvalue weighted by molar-refractivity contribution is 0.0621. The average molecular weight is 1120 g/mol. The minimum Gasteiger partial charge on any atom is -0.368 e. The number of aromatic nitrogens is 2. The molecule has 16 nitrogen and oxygen atoms in total. The van der Waals surface area contributed by atoms with Gasteiger partial charge in [-0.05, 0) is 143 Å². The average Bonchev–Trinajstić information content (AvgIpc) is 4.41. The zero-order valence-corrected chi connectivity index (χ0v) is 47.6. The van der Waals surface area contributed by atoms with E-state index in [1.54, 1.807) is 119 Å². The van der Waals surface area contributed by atoms with Gasteiger partial charge in [0.25, 0.3) is 20.0 Å². The fourth-order valence-electron chi connectivity index (χ4n) is 10.4. The SMILES string of the molecule is COC(C)(C1=Nc2cc(C#N)ccc2C1)c1c(S(C)(=O)=O)cc(C)c2c1ccn2S(=O)(=O)c1ccc(C)cc1.COC(C)(C1=Nc2ccc(C#N)cc2C1)c1c(S(C)(=O)=O)cc(C)c2c1ccn2S(=O)(=O)c1ccc(C)cc1. The molecule has 8 aromatic rings. The van der Waals surface area contributed by atoms with Crippen molar-refractivity contribution in [3.05, 3.63) is 177 Å². The molecular formula is C58H54N6O10S4. The van der Waals surface area contributed by atoms with Gasteiger partial charge in [-0.15, -0.1) is 0 Å². The summed E-state index contributed by atoms with van der Waals surface area (Å²) < 4.78 is 122. The summed E-state index contributed by atoms with van der Waals surface area (Å²) in [6.45, 7) is 10.6. The van der Waals surface area contributed by atoms with Gasteiger partial charge in [-0.2, -0.15) is 10.5 Å². The molecule has 6 aromatic carbocycles. The second kappa shape index (κ2) is 19.7. The number of hydrogen-bond acceptors (Lipinski definition) is 14. The molecule has 2 aliphatic rings. The van der Waals surface area contributed by atoms with Crippen LogP contribution in [0.5, 0.6) is 0 Å².